The van der Waals surface area contributed by atoms with Crippen molar-refractivity contribution in [3.05, 3.63) is 59.7 Å². The fourth-order valence-corrected chi connectivity index (χ4v) is 3.70. The van der Waals surface area contributed by atoms with E-state index in [1.165, 1.54) is 55.2 Å². The van der Waals surface area contributed by atoms with Crippen molar-refractivity contribution >= 4 is 0 Å². The standard InChI is InChI=1S/C25H34O2/c1-3-5-6-7-8-9-21-18-26-25(27-19-21)24-16-14-23(15-17-24)22-12-10-20(4-2)11-13-22/h10-17,21,25H,3-9,18-19H2,1-2H3. The number of benzene rings is 2. The van der Waals surface area contributed by atoms with Crippen LogP contribution in [0.5, 0.6) is 0 Å². The first kappa shape index (κ1) is 20.1. The van der Waals surface area contributed by atoms with E-state index in [-0.39, 0.29) is 6.29 Å². The van der Waals surface area contributed by atoms with Gasteiger partial charge in [0.2, 0.25) is 0 Å². The number of hydrogen-bond donors (Lipinski definition) is 0. The molecule has 2 aromatic rings. The van der Waals surface area contributed by atoms with E-state index in [9.17, 15) is 0 Å². The number of unbranched alkanes of at least 4 members (excludes halogenated alkanes) is 4. The molecule has 146 valence electrons. The summed E-state index contributed by atoms with van der Waals surface area (Å²) in [6, 6.07) is 17.4. The molecule has 2 aromatic carbocycles. The minimum absolute atomic E-state index is 0.210. The predicted molar refractivity (Wildman–Crippen MR) is 113 cm³/mol. The molecule has 0 aliphatic carbocycles. The van der Waals surface area contributed by atoms with Crippen LogP contribution >= 0.6 is 0 Å². The van der Waals surface area contributed by atoms with E-state index in [0.717, 1.165) is 25.2 Å². The van der Waals surface area contributed by atoms with Gasteiger partial charge in [-0.05, 0) is 29.5 Å². The summed E-state index contributed by atoms with van der Waals surface area (Å²) in [7, 11) is 0. The summed E-state index contributed by atoms with van der Waals surface area (Å²) in [5, 5.41) is 0. The van der Waals surface area contributed by atoms with Crippen LogP contribution in [0.2, 0.25) is 0 Å². The van der Waals surface area contributed by atoms with Crippen LogP contribution in [0.4, 0.5) is 0 Å². The Morgan fingerprint density at radius 3 is 1.93 bits per heavy atom. The van der Waals surface area contributed by atoms with Gasteiger partial charge in [0.05, 0.1) is 13.2 Å². The lowest BCUT2D eigenvalue weighted by Gasteiger charge is -2.29. The number of ether oxygens (including phenoxy) is 2. The number of hydrogen-bond acceptors (Lipinski definition) is 2. The molecule has 0 N–H and O–H groups in total. The average Bonchev–Trinajstić information content (AvgIpc) is 2.74. The average molecular weight is 367 g/mol. The van der Waals surface area contributed by atoms with Crippen molar-refractivity contribution in [2.75, 3.05) is 13.2 Å². The van der Waals surface area contributed by atoms with Crippen LogP contribution in [0.3, 0.4) is 0 Å². The Morgan fingerprint density at radius 1 is 0.741 bits per heavy atom. The van der Waals surface area contributed by atoms with Crippen LogP contribution in [0.1, 0.15) is 69.8 Å². The van der Waals surface area contributed by atoms with Gasteiger partial charge < -0.3 is 9.47 Å². The third kappa shape index (κ3) is 5.92. The predicted octanol–water partition coefficient (Wildman–Crippen LogP) is 6.94. The van der Waals surface area contributed by atoms with Crippen molar-refractivity contribution in [3.63, 3.8) is 0 Å². The van der Waals surface area contributed by atoms with Gasteiger partial charge in [-0.3, -0.25) is 0 Å². The topological polar surface area (TPSA) is 18.5 Å². The van der Waals surface area contributed by atoms with E-state index < -0.39 is 0 Å². The zero-order valence-electron chi connectivity index (χ0n) is 17.0. The van der Waals surface area contributed by atoms with Gasteiger partial charge in [0, 0.05) is 11.5 Å². The molecular weight excluding hydrogens is 332 g/mol. The lowest BCUT2D eigenvalue weighted by Crippen LogP contribution is -2.27. The molecular formula is C25H34O2. The van der Waals surface area contributed by atoms with Crippen LogP contribution in [0.15, 0.2) is 48.5 Å². The molecule has 1 aliphatic rings. The van der Waals surface area contributed by atoms with Crippen LogP contribution in [-0.2, 0) is 15.9 Å². The van der Waals surface area contributed by atoms with Crippen molar-refractivity contribution in [3.8, 4) is 11.1 Å². The highest BCUT2D eigenvalue weighted by atomic mass is 16.7. The van der Waals surface area contributed by atoms with Gasteiger partial charge in [-0.25, -0.2) is 0 Å². The summed E-state index contributed by atoms with van der Waals surface area (Å²) in [6.07, 6.45) is 8.76. The molecule has 27 heavy (non-hydrogen) atoms. The first-order valence-electron chi connectivity index (χ1n) is 10.7. The highest BCUT2D eigenvalue weighted by Gasteiger charge is 2.23. The van der Waals surface area contributed by atoms with Gasteiger partial charge in [-0.15, -0.1) is 0 Å². The molecule has 2 heteroatoms. The molecule has 0 saturated carbocycles. The van der Waals surface area contributed by atoms with Crippen molar-refractivity contribution < 1.29 is 9.47 Å². The highest BCUT2D eigenvalue weighted by Crippen LogP contribution is 2.29. The van der Waals surface area contributed by atoms with Crippen molar-refractivity contribution in [1.82, 2.24) is 0 Å². The second kappa shape index (κ2) is 10.6. The Balaban J connectivity index is 1.47. The second-order valence-corrected chi connectivity index (χ2v) is 7.74. The van der Waals surface area contributed by atoms with E-state index in [1.54, 1.807) is 0 Å². The molecule has 2 nitrogen and oxygen atoms in total. The van der Waals surface area contributed by atoms with Crippen LogP contribution in [-0.4, -0.2) is 13.2 Å². The molecule has 1 fully saturated rings. The van der Waals surface area contributed by atoms with Crippen molar-refractivity contribution in [2.45, 2.75) is 65.1 Å². The highest BCUT2D eigenvalue weighted by molar-refractivity contribution is 5.64. The largest absolute Gasteiger partial charge is 0.348 e. The Labute approximate surface area is 164 Å². The van der Waals surface area contributed by atoms with E-state index in [1.807, 2.05) is 0 Å². The molecule has 1 aliphatic heterocycles. The summed E-state index contributed by atoms with van der Waals surface area (Å²) in [4.78, 5) is 0. The third-order valence-electron chi connectivity index (χ3n) is 5.56. The fraction of sp³-hybridized carbons (Fsp3) is 0.520. The lowest BCUT2D eigenvalue weighted by atomic mass is 10.00. The van der Waals surface area contributed by atoms with Gasteiger partial charge in [-0.2, -0.15) is 0 Å². The normalized spacial score (nSPS) is 19.9. The van der Waals surface area contributed by atoms with Gasteiger partial charge in [0.25, 0.3) is 0 Å². The molecule has 0 amide bonds. The van der Waals surface area contributed by atoms with Gasteiger partial charge in [0.1, 0.15) is 0 Å². The Morgan fingerprint density at radius 2 is 1.33 bits per heavy atom. The molecule has 0 bridgehead atoms. The molecule has 0 aromatic heterocycles. The SMILES string of the molecule is CCCCCCCC1COC(c2ccc(-c3ccc(CC)cc3)cc2)OC1. The maximum absolute atomic E-state index is 6.01. The second-order valence-electron chi connectivity index (χ2n) is 7.74. The minimum Gasteiger partial charge on any atom is -0.348 e. The maximum atomic E-state index is 6.01. The zero-order valence-corrected chi connectivity index (χ0v) is 17.0. The Kier molecular flexibility index (Phi) is 7.92. The zero-order chi connectivity index (χ0) is 18.9. The summed E-state index contributed by atoms with van der Waals surface area (Å²) in [6.45, 7) is 6.08. The van der Waals surface area contributed by atoms with Crippen LogP contribution in [0.25, 0.3) is 11.1 Å². The molecule has 3 rings (SSSR count). The fourth-order valence-electron chi connectivity index (χ4n) is 3.70. The molecule has 0 spiro atoms. The Hall–Kier alpha value is -1.64. The first-order valence-corrected chi connectivity index (χ1v) is 10.7. The molecule has 1 saturated heterocycles. The lowest BCUT2D eigenvalue weighted by molar-refractivity contribution is -0.206. The molecule has 0 unspecified atom stereocenters. The maximum Gasteiger partial charge on any atom is 0.183 e. The number of rotatable bonds is 9. The minimum atomic E-state index is -0.210. The van der Waals surface area contributed by atoms with Gasteiger partial charge in [-0.1, -0.05) is 94.5 Å². The summed E-state index contributed by atoms with van der Waals surface area (Å²) in [5.74, 6) is 0.555. The van der Waals surface area contributed by atoms with E-state index in [4.69, 9.17) is 9.47 Å². The summed E-state index contributed by atoms with van der Waals surface area (Å²) in [5.41, 5.74) is 4.99. The van der Waals surface area contributed by atoms with E-state index in [2.05, 4.69) is 62.4 Å². The summed E-state index contributed by atoms with van der Waals surface area (Å²) < 4.78 is 12.0. The van der Waals surface area contributed by atoms with Gasteiger partial charge in [0.15, 0.2) is 6.29 Å². The Bertz CT molecular complexity index is 652. The van der Waals surface area contributed by atoms with E-state index >= 15 is 0 Å². The van der Waals surface area contributed by atoms with E-state index in [0.29, 0.717) is 5.92 Å². The smallest absolute Gasteiger partial charge is 0.183 e. The van der Waals surface area contributed by atoms with Crippen LogP contribution in [0, 0.1) is 5.92 Å². The number of aryl methyl sites for hydroxylation is 1. The summed E-state index contributed by atoms with van der Waals surface area (Å²) >= 11 is 0. The van der Waals surface area contributed by atoms with Crippen molar-refractivity contribution in [1.29, 1.82) is 0 Å². The molecule has 1 heterocycles. The molecule has 0 atom stereocenters. The molecule has 0 radical (unpaired) electrons. The third-order valence-corrected chi connectivity index (χ3v) is 5.56. The van der Waals surface area contributed by atoms with Gasteiger partial charge >= 0.3 is 0 Å². The quantitative estimate of drug-likeness (QED) is 0.448. The van der Waals surface area contributed by atoms with Crippen molar-refractivity contribution in [2.24, 2.45) is 5.92 Å². The first-order chi connectivity index (χ1) is 13.3. The van der Waals surface area contributed by atoms with Crippen LogP contribution < -0.4 is 0 Å². The monoisotopic (exact) mass is 366 g/mol.